The van der Waals surface area contributed by atoms with E-state index in [-0.39, 0.29) is 16.7 Å². The number of nitrogens with zero attached hydrogens (tertiary/aromatic N) is 1. The molecule has 152 valence electrons. The summed E-state index contributed by atoms with van der Waals surface area (Å²) in [5.41, 5.74) is 5.12. The zero-order valence-electron chi connectivity index (χ0n) is 15.9. The van der Waals surface area contributed by atoms with Crippen molar-refractivity contribution in [1.29, 1.82) is 0 Å². The van der Waals surface area contributed by atoms with Crippen molar-refractivity contribution in [3.8, 4) is 5.75 Å². The van der Waals surface area contributed by atoms with Gasteiger partial charge in [0.25, 0.3) is 5.91 Å². The van der Waals surface area contributed by atoms with Gasteiger partial charge in [-0.2, -0.15) is 5.10 Å². The summed E-state index contributed by atoms with van der Waals surface area (Å²) in [5, 5.41) is 14.2. The number of nitrogens with one attached hydrogen (secondary N) is 2. The Morgan fingerprint density at radius 3 is 2.48 bits per heavy atom. The number of fused-ring (bicyclic) bond motifs is 1. The minimum atomic E-state index is -3.59. The fourth-order valence-electron chi connectivity index (χ4n) is 3.92. The zero-order valence-corrected chi connectivity index (χ0v) is 16.7. The third-order valence-electron chi connectivity index (χ3n) is 5.44. The number of benzene rings is 2. The Labute approximate surface area is 169 Å². The van der Waals surface area contributed by atoms with Crippen LogP contribution in [0.4, 0.5) is 0 Å². The first-order valence-electron chi connectivity index (χ1n) is 9.74. The molecule has 2 aromatic carbocycles. The standard InChI is InChI=1S/C21H23N3O4S/c25-19-7-3-4-14-10-13-18(20(14)19)22-23-21(26)15-8-11-17(12-9-15)29(27,28)24-16-5-1-2-6-16/h3-4,7-9,11-12,16,24-25H,1-2,5-6,10,13H2,(H,23,26)/b22-18+. The molecule has 7 nitrogen and oxygen atoms in total. The van der Waals surface area contributed by atoms with E-state index in [4.69, 9.17) is 0 Å². The molecule has 8 heteroatoms. The van der Waals surface area contributed by atoms with E-state index in [1.54, 1.807) is 12.1 Å². The maximum Gasteiger partial charge on any atom is 0.271 e. The zero-order chi connectivity index (χ0) is 20.4. The molecule has 0 spiro atoms. The van der Waals surface area contributed by atoms with E-state index < -0.39 is 15.9 Å². The highest BCUT2D eigenvalue weighted by Crippen LogP contribution is 2.29. The fraction of sp³-hybridized carbons (Fsp3) is 0.333. The van der Waals surface area contributed by atoms with Crippen molar-refractivity contribution in [2.75, 3.05) is 0 Å². The van der Waals surface area contributed by atoms with E-state index in [1.165, 1.54) is 24.3 Å². The molecule has 3 N–H and O–H groups in total. The molecule has 0 unspecified atom stereocenters. The van der Waals surface area contributed by atoms with Gasteiger partial charge in [-0.3, -0.25) is 4.79 Å². The second kappa shape index (κ2) is 7.96. The number of sulfonamides is 1. The highest BCUT2D eigenvalue weighted by Gasteiger charge is 2.24. The van der Waals surface area contributed by atoms with Crippen LogP contribution in [0.3, 0.4) is 0 Å². The van der Waals surface area contributed by atoms with Gasteiger partial charge in [0, 0.05) is 17.2 Å². The molecule has 0 bridgehead atoms. The summed E-state index contributed by atoms with van der Waals surface area (Å²) < 4.78 is 27.6. The first kappa shape index (κ1) is 19.6. The molecule has 4 rings (SSSR count). The molecule has 0 aliphatic heterocycles. The van der Waals surface area contributed by atoms with Gasteiger partial charge in [-0.05, 0) is 61.6 Å². The second-order valence-corrected chi connectivity index (χ2v) is 9.15. The first-order chi connectivity index (χ1) is 13.9. The lowest BCUT2D eigenvalue weighted by molar-refractivity contribution is 0.0954. The Balaban J connectivity index is 1.44. The van der Waals surface area contributed by atoms with Crippen LogP contribution in [0.5, 0.6) is 5.75 Å². The summed E-state index contributed by atoms with van der Waals surface area (Å²) in [7, 11) is -3.59. The molecule has 0 atom stereocenters. The van der Waals surface area contributed by atoms with E-state index in [0.717, 1.165) is 37.7 Å². The lowest BCUT2D eigenvalue weighted by atomic mass is 10.1. The monoisotopic (exact) mass is 413 g/mol. The van der Waals surface area contributed by atoms with Crippen LogP contribution in [0, 0.1) is 0 Å². The average Bonchev–Trinajstić information content (AvgIpc) is 3.36. The minimum absolute atomic E-state index is 0.00972. The highest BCUT2D eigenvalue weighted by molar-refractivity contribution is 7.89. The molecule has 0 saturated heterocycles. The summed E-state index contributed by atoms with van der Waals surface area (Å²) in [4.78, 5) is 12.5. The lowest BCUT2D eigenvalue weighted by Crippen LogP contribution is -2.32. The number of hydrogen-bond donors (Lipinski definition) is 3. The van der Waals surface area contributed by atoms with Gasteiger partial charge in [0.1, 0.15) is 5.75 Å². The normalized spacial score (nSPS) is 18.1. The van der Waals surface area contributed by atoms with Gasteiger partial charge in [-0.15, -0.1) is 0 Å². The molecular formula is C21H23N3O4S. The van der Waals surface area contributed by atoms with Gasteiger partial charge in [-0.25, -0.2) is 18.6 Å². The number of amides is 1. The van der Waals surface area contributed by atoms with Crippen LogP contribution in [0.1, 0.15) is 53.6 Å². The molecule has 2 aromatic rings. The van der Waals surface area contributed by atoms with Crippen molar-refractivity contribution in [2.24, 2.45) is 5.10 Å². The third kappa shape index (κ3) is 4.18. The van der Waals surface area contributed by atoms with Crippen molar-refractivity contribution < 1.29 is 18.3 Å². The van der Waals surface area contributed by atoms with E-state index >= 15 is 0 Å². The number of carbonyl (C=O) groups is 1. The minimum Gasteiger partial charge on any atom is -0.507 e. The number of aryl methyl sites for hydroxylation is 1. The highest BCUT2D eigenvalue weighted by atomic mass is 32.2. The van der Waals surface area contributed by atoms with E-state index in [0.29, 0.717) is 23.3 Å². The summed E-state index contributed by atoms with van der Waals surface area (Å²) >= 11 is 0. The second-order valence-electron chi connectivity index (χ2n) is 7.44. The smallest absolute Gasteiger partial charge is 0.271 e. The van der Waals surface area contributed by atoms with Crippen LogP contribution in [0.25, 0.3) is 0 Å². The number of phenols is 1. The molecular weight excluding hydrogens is 390 g/mol. The molecule has 2 aliphatic rings. The number of hydrazone groups is 1. The number of carbonyl (C=O) groups excluding carboxylic acids is 1. The largest absolute Gasteiger partial charge is 0.507 e. The Kier molecular flexibility index (Phi) is 5.38. The van der Waals surface area contributed by atoms with Gasteiger partial charge in [-0.1, -0.05) is 25.0 Å². The SMILES string of the molecule is O=C(N/N=C1\CCc2cccc(O)c21)c1ccc(S(=O)(=O)NC2CCCC2)cc1. The Hall–Kier alpha value is -2.71. The Morgan fingerprint density at radius 2 is 1.76 bits per heavy atom. The quantitative estimate of drug-likeness (QED) is 0.655. The van der Waals surface area contributed by atoms with Crippen LogP contribution >= 0.6 is 0 Å². The fourth-order valence-corrected chi connectivity index (χ4v) is 5.22. The van der Waals surface area contributed by atoms with Crippen molar-refractivity contribution in [3.63, 3.8) is 0 Å². The summed E-state index contributed by atoms with van der Waals surface area (Å²) in [6, 6.07) is 11.1. The van der Waals surface area contributed by atoms with Gasteiger partial charge in [0.2, 0.25) is 10.0 Å². The van der Waals surface area contributed by atoms with Gasteiger partial charge in [0.05, 0.1) is 10.6 Å². The van der Waals surface area contributed by atoms with Gasteiger partial charge >= 0.3 is 0 Å². The molecule has 1 amide bonds. The van der Waals surface area contributed by atoms with Crippen molar-refractivity contribution in [2.45, 2.75) is 49.5 Å². The number of hydrogen-bond acceptors (Lipinski definition) is 5. The Morgan fingerprint density at radius 1 is 1.03 bits per heavy atom. The van der Waals surface area contributed by atoms with Crippen LogP contribution in [-0.2, 0) is 16.4 Å². The van der Waals surface area contributed by atoms with Crippen molar-refractivity contribution in [3.05, 3.63) is 59.2 Å². The maximum absolute atomic E-state index is 12.5. The number of aromatic hydroxyl groups is 1. The van der Waals surface area contributed by atoms with Gasteiger partial charge < -0.3 is 5.11 Å². The molecule has 29 heavy (non-hydrogen) atoms. The Bertz CT molecular complexity index is 1060. The van der Waals surface area contributed by atoms with E-state index in [1.807, 2.05) is 6.07 Å². The first-order valence-corrected chi connectivity index (χ1v) is 11.2. The topological polar surface area (TPSA) is 108 Å². The molecule has 1 saturated carbocycles. The molecule has 2 aliphatic carbocycles. The van der Waals surface area contributed by atoms with E-state index in [2.05, 4.69) is 15.2 Å². The summed E-state index contributed by atoms with van der Waals surface area (Å²) in [6.07, 6.45) is 5.20. The van der Waals surface area contributed by atoms with Crippen molar-refractivity contribution >= 4 is 21.6 Å². The molecule has 0 heterocycles. The molecule has 1 fully saturated rings. The lowest BCUT2D eigenvalue weighted by Gasteiger charge is -2.12. The van der Waals surface area contributed by atoms with Crippen LogP contribution in [0.15, 0.2) is 52.5 Å². The van der Waals surface area contributed by atoms with Crippen molar-refractivity contribution in [1.82, 2.24) is 10.1 Å². The summed E-state index contributed by atoms with van der Waals surface area (Å²) in [5.74, 6) is -0.286. The summed E-state index contributed by atoms with van der Waals surface area (Å²) in [6.45, 7) is 0. The number of rotatable bonds is 5. The van der Waals surface area contributed by atoms with Gasteiger partial charge in [0.15, 0.2) is 0 Å². The van der Waals surface area contributed by atoms with Crippen LogP contribution in [0.2, 0.25) is 0 Å². The average molecular weight is 413 g/mol. The third-order valence-corrected chi connectivity index (χ3v) is 6.98. The van der Waals surface area contributed by atoms with Crippen LogP contribution in [-0.4, -0.2) is 31.2 Å². The maximum atomic E-state index is 12.5. The predicted molar refractivity (Wildman–Crippen MR) is 109 cm³/mol. The van der Waals surface area contributed by atoms with Crippen LogP contribution < -0.4 is 10.1 Å². The molecule has 0 radical (unpaired) electrons. The van der Waals surface area contributed by atoms with E-state index in [9.17, 15) is 18.3 Å². The molecule has 0 aromatic heterocycles. The predicted octanol–water partition coefficient (Wildman–Crippen LogP) is 2.69. The number of phenolic OH excluding ortho intramolecular Hbond substituents is 1.